The first-order chi connectivity index (χ1) is 12.3. The molecule has 0 aliphatic heterocycles. The smallest absolute Gasteiger partial charge is 0.264 e. The molecule has 0 heterocycles. The van der Waals surface area contributed by atoms with Gasteiger partial charge in [0, 0.05) is 0 Å². The summed E-state index contributed by atoms with van der Waals surface area (Å²) < 4.78 is 26.9. The Kier molecular flexibility index (Phi) is 6.46. The molecule has 0 aliphatic carbocycles. The van der Waals surface area contributed by atoms with E-state index >= 15 is 0 Å². The van der Waals surface area contributed by atoms with Gasteiger partial charge in [0.2, 0.25) is 0 Å². The summed E-state index contributed by atoms with van der Waals surface area (Å²) >= 11 is 0. The number of benzene rings is 2. The Labute approximate surface area is 153 Å². The van der Waals surface area contributed by atoms with Gasteiger partial charge in [-0.15, -0.1) is 0 Å². The predicted octanol–water partition coefficient (Wildman–Crippen LogP) is 2.90. The SMILES string of the molecule is CC(C)C[C@H](N=NN)C(=O)NS(=O)(=O)c1ccc(-c2ccccc2)cc1. The molecule has 0 fully saturated rings. The summed E-state index contributed by atoms with van der Waals surface area (Å²) in [4.78, 5) is 12.2. The molecule has 138 valence electrons. The van der Waals surface area contributed by atoms with Crippen molar-refractivity contribution < 1.29 is 13.2 Å². The molecule has 2 aromatic rings. The van der Waals surface area contributed by atoms with E-state index in [4.69, 9.17) is 5.84 Å². The van der Waals surface area contributed by atoms with Crippen LogP contribution in [-0.2, 0) is 14.8 Å². The van der Waals surface area contributed by atoms with Crippen LogP contribution in [0, 0.1) is 5.92 Å². The van der Waals surface area contributed by atoms with Crippen molar-refractivity contribution in [1.29, 1.82) is 0 Å². The number of hydrogen-bond donors (Lipinski definition) is 2. The van der Waals surface area contributed by atoms with Crippen LogP contribution in [0.5, 0.6) is 0 Å². The van der Waals surface area contributed by atoms with Gasteiger partial charge in [0.25, 0.3) is 15.9 Å². The van der Waals surface area contributed by atoms with Crippen molar-refractivity contribution in [2.24, 2.45) is 22.1 Å². The molecule has 0 aliphatic rings. The summed E-state index contributed by atoms with van der Waals surface area (Å²) in [6.45, 7) is 3.78. The van der Waals surface area contributed by atoms with Gasteiger partial charge in [-0.25, -0.2) is 13.1 Å². The van der Waals surface area contributed by atoms with E-state index in [0.717, 1.165) is 11.1 Å². The largest absolute Gasteiger partial charge is 0.305 e. The highest BCUT2D eigenvalue weighted by molar-refractivity contribution is 7.90. The lowest BCUT2D eigenvalue weighted by Crippen LogP contribution is -2.38. The van der Waals surface area contributed by atoms with Crippen molar-refractivity contribution in [3.8, 4) is 11.1 Å². The van der Waals surface area contributed by atoms with Crippen molar-refractivity contribution >= 4 is 15.9 Å². The predicted molar refractivity (Wildman–Crippen MR) is 99.5 cm³/mol. The summed E-state index contributed by atoms with van der Waals surface area (Å²) in [6.07, 6.45) is 0.342. The van der Waals surface area contributed by atoms with E-state index in [0.29, 0.717) is 6.42 Å². The van der Waals surface area contributed by atoms with E-state index < -0.39 is 22.0 Å². The molecule has 0 bridgehead atoms. The van der Waals surface area contributed by atoms with E-state index in [1.807, 2.05) is 48.9 Å². The topological polar surface area (TPSA) is 114 Å². The highest BCUT2D eigenvalue weighted by Crippen LogP contribution is 2.21. The van der Waals surface area contributed by atoms with Crippen molar-refractivity contribution in [3.05, 3.63) is 54.6 Å². The Morgan fingerprint density at radius 1 is 1.04 bits per heavy atom. The molecule has 2 rings (SSSR count). The van der Waals surface area contributed by atoms with Gasteiger partial charge in [0.05, 0.1) is 4.90 Å². The second-order valence-corrected chi connectivity index (χ2v) is 7.92. The van der Waals surface area contributed by atoms with E-state index in [1.165, 1.54) is 12.1 Å². The Bertz CT molecular complexity index is 863. The lowest BCUT2D eigenvalue weighted by Gasteiger charge is -2.14. The minimum Gasteiger partial charge on any atom is -0.305 e. The normalized spacial score (nSPS) is 13.0. The molecule has 1 amide bonds. The molecule has 8 heteroatoms. The zero-order valence-corrected chi connectivity index (χ0v) is 15.5. The van der Waals surface area contributed by atoms with Gasteiger partial charge in [0.15, 0.2) is 6.04 Å². The standard InChI is InChI=1S/C18H22N4O3S/c1-13(2)12-17(20-22-19)18(23)21-26(24,25)16-10-8-15(9-11-16)14-6-4-3-5-7-14/h3-11,13,17H,12H2,1-2H3,(H2,19,20)(H,21,23)/t17-/m0/s1. The molecule has 0 saturated heterocycles. The second-order valence-electron chi connectivity index (χ2n) is 6.24. The molecule has 3 N–H and O–H groups in total. The van der Waals surface area contributed by atoms with Gasteiger partial charge in [-0.05, 0) is 35.6 Å². The van der Waals surface area contributed by atoms with Crippen LogP contribution < -0.4 is 10.6 Å². The van der Waals surface area contributed by atoms with Crippen LogP contribution >= 0.6 is 0 Å². The maximum Gasteiger partial charge on any atom is 0.264 e. The van der Waals surface area contributed by atoms with Crippen LogP contribution in [0.4, 0.5) is 0 Å². The summed E-state index contributed by atoms with van der Waals surface area (Å²) in [6, 6.07) is 14.9. The number of sulfonamides is 1. The molecule has 0 radical (unpaired) electrons. The second kappa shape index (κ2) is 8.57. The quantitative estimate of drug-likeness (QED) is 0.440. The highest BCUT2D eigenvalue weighted by Gasteiger charge is 2.25. The molecular formula is C18H22N4O3S. The van der Waals surface area contributed by atoms with E-state index in [1.54, 1.807) is 12.1 Å². The number of carbonyl (C=O) groups is 1. The molecule has 7 nitrogen and oxygen atoms in total. The third-order valence-electron chi connectivity index (χ3n) is 3.71. The van der Waals surface area contributed by atoms with Crippen LogP contribution in [0.25, 0.3) is 11.1 Å². The minimum atomic E-state index is -4.00. The maximum atomic E-state index is 12.4. The fraction of sp³-hybridized carbons (Fsp3) is 0.278. The van der Waals surface area contributed by atoms with Gasteiger partial charge >= 0.3 is 0 Å². The van der Waals surface area contributed by atoms with Gasteiger partial charge in [-0.1, -0.05) is 61.5 Å². The Morgan fingerprint density at radius 2 is 1.62 bits per heavy atom. The number of rotatable bonds is 7. The zero-order chi connectivity index (χ0) is 19.2. The van der Waals surface area contributed by atoms with Crippen molar-refractivity contribution in [2.75, 3.05) is 0 Å². The first kappa shape index (κ1) is 19.6. The number of nitrogens with one attached hydrogen (secondary N) is 1. The van der Waals surface area contributed by atoms with Crippen LogP contribution in [0.2, 0.25) is 0 Å². The Hall–Kier alpha value is -2.74. The zero-order valence-electron chi connectivity index (χ0n) is 14.7. The lowest BCUT2D eigenvalue weighted by molar-refractivity contribution is -0.121. The first-order valence-electron chi connectivity index (χ1n) is 8.15. The van der Waals surface area contributed by atoms with Crippen LogP contribution in [0.3, 0.4) is 0 Å². The maximum absolute atomic E-state index is 12.4. The van der Waals surface area contributed by atoms with Crippen LogP contribution in [-0.4, -0.2) is 20.4 Å². The third-order valence-corrected chi connectivity index (χ3v) is 5.07. The van der Waals surface area contributed by atoms with Crippen molar-refractivity contribution in [3.63, 3.8) is 0 Å². The third kappa shape index (κ3) is 5.13. The number of nitrogens with two attached hydrogens (primary N) is 1. The minimum absolute atomic E-state index is 0.00137. The van der Waals surface area contributed by atoms with Crippen LogP contribution in [0.1, 0.15) is 20.3 Å². The molecule has 0 saturated carbocycles. The summed E-state index contributed by atoms with van der Waals surface area (Å²) in [5, 5.41) is 6.75. The molecule has 0 spiro atoms. The first-order valence-corrected chi connectivity index (χ1v) is 9.64. The molecule has 26 heavy (non-hydrogen) atoms. The number of amides is 1. The average molecular weight is 374 g/mol. The number of carbonyl (C=O) groups excluding carboxylic acids is 1. The number of nitrogens with zero attached hydrogens (tertiary/aromatic N) is 2. The lowest BCUT2D eigenvalue weighted by atomic mass is 10.0. The number of hydrogen-bond acceptors (Lipinski definition) is 5. The Morgan fingerprint density at radius 3 is 2.15 bits per heavy atom. The van der Waals surface area contributed by atoms with E-state index in [2.05, 4.69) is 10.3 Å². The van der Waals surface area contributed by atoms with E-state index in [-0.39, 0.29) is 10.8 Å². The molecule has 2 aromatic carbocycles. The fourth-order valence-corrected chi connectivity index (χ4v) is 3.46. The summed E-state index contributed by atoms with van der Waals surface area (Å²) in [7, 11) is -4.00. The van der Waals surface area contributed by atoms with E-state index in [9.17, 15) is 13.2 Å². The van der Waals surface area contributed by atoms with Crippen LogP contribution in [0.15, 0.2) is 69.8 Å². The highest BCUT2D eigenvalue weighted by atomic mass is 32.2. The molecule has 0 unspecified atom stereocenters. The summed E-state index contributed by atoms with van der Waals surface area (Å²) in [5.74, 6) is 4.40. The van der Waals surface area contributed by atoms with Crippen molar-refractivity contribution in [1.82, 2.24) is 4.72 Å². The van der Waals surface area contributed by atoms with Gasteiger partial charge in [0.1, 0.15) is 0 Å². The molecule has 1 atom stereocenters. The van der Waals surface area contributed by atoms with Gasteiger partial charge in [-0.3, -0.25) is 4.79 Å². The fourth-order valence-electron chi connectivity index (χ4n) is 2.45. The van der Waals surface area contributed by atoms with Crippen molar-refractivity contribution in [2.45, 2.75) is 31.2 Å². The van der Waals surface area contributed by atoms with Gasteiger partial charge in [-0.2, -0.15) is 5.11 Å². The molecular weight excluding hydrogens is 352 g/mol. The van der Waals surface area contributed by atoms with Gasteiger partial charge < -0.3 is 5.84 Å². The molecule has 0 aromatic heterocycles. The Balaban J connectivity index is 2.17. The monoisotopic (exact) mass is 374 g/mol. The average Bonchev–Trinajstić information content (AvgIpc) is 2.61. The summed E-state index contributed by atoms with van der Waals surface area (Å²) in [5.41, 5.74) is 1.85.